The molecule has 0 aliphatic carbocycles. The lowest BCUT2D eigenvalue weighted by atomic mass is 9.92. The Bertz CT molecular complexity index is 842. The molecule has 1 atom stereocenters. The van der Waals surface area contributed by atoms with Gasteiger partial charge in [-0.25, -0.2) is 0 Å². The summed E-state index contributed by atoms with van der Waals surface area (Å²) in [6.45, 7) is 0.189. The van der Waals surface area contributed by atoms with Crippen LogP contribution in [0.1, 0.15) is 39.8 Å². The van der Waals surface area contributed by atoms with Crippen LogP contribution in [0.4, 0.5) is 13.2 Å². The van der Waals surface area contributed by atoms with Crippen molar-refractivity contribution >= 4 is 11.8 Å². The predicted octanol–water partition coefficient (Wildman–Crippen LogP) is 6.66. The Morgan fingerprint density at radius 1 is 0.759 bits per heavy atom. The lowest BCUT2D eigenvalue weighted by Gasteiger charge is -2.22. The van der Waals surface area contributed by atoms with E-state index in [9.17, 15) is 13.2 Å². The molecule has 5 heteroatoms. The van der Waals surface area contributed by atoms with Gasteiger partial charge in [-0.2, -0.15) is 13.2 Å². The molecule has 152 valence electrons. The summed E-state index contributed by atoms with van der Waals surface area (Å²) in [5.41, 5.74) is 7.96. The lowest BCUT2D eigenvalue weighted by molar-refractivity contribution is -0.138. The topological polar surface area (TPSA) is 26.0 Å². The minimum absolute atomic E-state index is 0.133. The van der Waals surface area contributed by atoms with Crippen molar-refractivity contribution in [2.24, 2.45) is 5.73 Å². The van der Waals surface area contributed by atoms with Crippen molar-refractivity contribution in [2.45, 2.75) is 23.8 Å². The van der Waals surface area contributed by atoms with E-state index in [0.717, 1.165) is 6.07 Å². The molecule has 0 bridgehead atoms. The van der Waals surface area contributed by atoms with Crippen molar-refractivity contribution in [1.29, 1.82) is 0 Å². The monoisotopic (exact) mass is 415 g/mol. The molecular weight excluding hydrogens is 391 g/mol. The average Bonchev–Trinajstić information content (AvgIpc) is 2.75. The van der Waals surface area contributed by atoms with Crippen molar-refractivity contribution in [3.05, 3.63) is 107 Å². The molecule has 29 heavy (non-hydrogen) atoms. The second kappa shape index (κ2) is 9.99. The molecule has 2 N–H and O–H groups in total. The first-order valence-corrected chi connectivity index (χ1v) is 10.6. The normalized spacial score (nSPS) is 12.9. The van der Waals surface area contributed by atoms with E-state index in [-0.39, 0.29) is 17.7 Å². The molecule has 0 amide bonds. The second-order valence-corrected chi connectivity index (χ2v) is 8.09. The Labute approximate surface area is 174 Å². The summed E-state index contributed by atoms with van der Waals surface area (Å²) in [5, 5.41) is 0.133. The van der Waals surface area contributed by atoms with E-state index >= 15 is 0 Å². The summed E-state index contributed by atoms with van der Waals surface area (Å²) in [6, 6.07) is 26.1. The van der Waals surface area contributed by atoms with E-state index < -0.39 is 11.7 Å². The Hall–Kier alpha value is -2.24. The van der Waals surface area contributed by atoms with Crippen LogP contribution in [0.5, 0.6) is 0 Å². The molecule has 3 aromatic rings. The van der Waals surface area contributed by atoms with Gasteiger partial charge in [-0.3, -0.25) is 0 Å². The SMILES string of the molecule is NCC(CCSC(c1ccccc1)c1ccccc1)c1ccccc1C(F)(F)F. The van der Waals surface area contributed by atoms with Crippen molar-refractivity contribution in [3.8, 4) is 0 Å². The number of hydrogen-bond donors (Lipinski definition) is 1. The molecule has 3 rings (SSSR count). The van der Waals surface area contributed by atoms with Gasteiger partial charge < -0.3 is 5.73 Å². The fraction of sp³-hybridized carbons (Fsp3) is 0.250. The molecule has 1 nitrogen and oxygen atoms in total. The zero-order valence-electron chi connectivity index (χ0n) is 16.0. The Balaban J connectivity index is 1.75. The van der Waals surface area contributed by atoms with Crippen LogP contribution < -0.4 is 5.73 Å². The van der Waals surface area contributed by atoms with Gasteiger partial charge in [0.2, 0.25) is 0 Å². The van der Waals surface area contributed by atoms with E-state index in [4.69, 9.17) is 5.73 Å². The molecular formula is C24H24F3NS. The quantitative estimate of drug-likeness (QED) is 0.445. The highest BCUT2D eigenvalue weighted by atomic mass is 32.2. The van der Waals surface area contributed by atoms with Crippen LogP contribution in [0.3, 0.4) is 0 Å². The van der Waals surface area contributed by atoms with Crippen LogP contribution >= 0.6 is 11.8 Å². The zero-order chi connectivity index (χ0) is 20.7. The summed E-state index contributed by atoms with van der Waals surface area (Å²) in [7, 11) is 0. The van der Waals surface area contributed by atoms with Crippen LogP contribution in [-0.2, 0) is 6.18 Å². The number of hydrogen-bond acceptors (Lipinski definition) is 2. The van der Waals surface area contributed by atoms with Gasteiger partial charge >= 0.3 is 6.18 Å². The maximum absolute atomic E-state index is 13.4. The average molecular weight is 416 g/mol. The van der Waals surface area contributed by atoms with Gasteiger partial charge in [-0.05, 0) is 47.4 Å². The highest BCUT2D eigenvalue weighted by molar-refractivity contribution is 7.99. The first-order chi connectivity index (χ1) is 14.0. The highest BCUT2D eigenvalue weighted by Crippen LogP contribution is 2.39. The fourth-order valence-electron chi connectivity index (χ4n) is 3.48. The molecule has 0 fully saturated rings. The first kappa shape index (κ1) is 21.5. The second-order valence-electron chi connectivity index (χ2n) is 6.88. The molecule has 0 saturated heterocycles. The first-order valence-electron chi connectivity index (χ1n) is 9.58. The predicted molar refractivity (Wildman–Crippen MR) is 115 cm³/mol. The van der Waals surface area contributed by atoms with Crippen molar-refractivity contribution < 1.29 is 13.2 Å². The molecule has 0 aliphatic heterocycles. The minimum atomic E-state index is -4.37. The van der Waals surface area contributed by atoms with Gasteiger partial charge in [-0.1, -0.05) is 78.9 Å². The Morgan fingerprint density at radius 3 is 1.79 bits per heavy atom. The van der Waals surface area contributed by atoms with Gasteiger partial charge in [0.05, 0.1) is 10.8 Å². The largest absolute Gasteiger partial charge is 0.416 e. The minimum Gasteiger partial charge on any atom is -0.330 e. The highest BCUT2D eigenvalue weighted by Gasteiger charge is 2.34. The van der Waals surface area contributed by atoms with Crippen LogP contribution in [0, 0.1) is 0 Å². The smallest absolute Gasteiger partial charge is 0.330 e. The molecule has 1 unspecified atom stereocenters. The van der Waals surface area contributed by atoms with E-state index in [1.165, 1.54) is 17.2 Å². The molecule has 0 aliphatic rings. The van der Waals surface area contributed by atoms with Crippen LogP contribution in [-0.4, -0.2) is 12.3 Å². The maximum Gasteiger partial charge on any atom is 0.416 e. The van der Waals surface area contributed by atoms with Crippen LogP contribution in [0.2, 0.25) is 0 Å². The summed E-state index contributed by atoms with van der Waals surface area (Å²) in [6.07, 6.45) is -3.78. The van der Waals surface area contributed by atoms with Gasteiger partial charge in [0.25, 0.3) is 0 Å². The summed E-state index contributed by atoms with van der Waals surface area (Å²) in [5.74, 6) is 0.384. The van der Waals surface area contributed by atoms with Gasteiger partial charge in [0.15, 0.2) is 0 Å². The Kier molecular flexibility index (Phi) is 7.40. The van der Waals surface area contributed by atoms with Gasteiger partial charge in [0.1, 0.15) is 0 Å². The summed E-state index contributed by atoms with van der Waals surface area (Å²) in [4.78, 5) is 0. The molecule has 0 spiro atoms. The van der Waals surface area contributed by atoms with Crippen LogP contribution in [0.25, 0.3) is 0 Å². The number of benzene rings is 3. The third kappa shape index (κ3) is 5.64. The van der Waals surface area contributed by atoms with Gasteiger partial charge in [0, 0.05) is 0 Å². The molecule has 0 heterocycles. The third-order valence-electron chi connectivity index (χ3n) is 4.95. The van der Waals surface area contributed by atoms with E-state index in [1.807, 2.05) is 36.4 Å². The third-order valence-corrected chi connectivity index (χ3v) is 6.30. The summed E-state index contributed by atoms with van der Waals surface area (Å²) >= 11 is 1.74. The van der Waals surface area contributed by atoms with E-state index in [2.05, 4.69) is 24.3 Å². The van der Waals surface area contributed by atoms with Crippen molar-refractivity contribution in [1.82, 2.24) is 0 Å². The van der Waals surface area contributed by atoms with E-state index in [1.54, 1.807) is 23.9 Å². The molecule has 0 aromatic heterocycles. The zero-order valence-corrected chi connectivity index (χ0v) is 16.8. The molecule has 3 aromatic carbocycles. The number of nitrogens with two attached hydrogens (primary N) is 1. The fourth-order valence-corrected chi connectivity index (χ4v) is 4.84. The Morgan fingerprint density at radius 2 is 1.28 bits per heavy atom. The number of rotatable bonds is 8. The molecule has 0 radical (unpaired) electrons. The standard InChI is InChI=1S/C24H24F3NS/c25-24(26,27)22-14-8-7-13-21(22)20(17-28)15-16-29-23(18-9-3-1-4-10-18)19-11-5-2-6-12-19/h1-14,20,23H,15-17,28H2. The number of thioether (sulfide) groups is 1. The lowest BCUT2D eigenvalue weighted by Crippen LogP contribution is -2.18. The van der Waals surface area contributed by atoms with E-state index in [0.29, 0.717) is 17.7 Å². The van der Waals surface area contributed by atoms with Gasteiger partial charge in [-0.15, -0.1) is 11.8 Å². The van der Waals surface area contributed by atoms with Crippen LogP contribution in [0.15, 0.2) is 84.9 Å². The number of alkyl halides is 3. The summed E-state index contributed by atoms with van der Waals surface area (Å²) < 4.78 is 40.2. The van der Waals surface area contributed by atoms with Crippen molar-refractivity contribution in [3.63, 3.8) is 0 Å². The molecule has 0 saturated carbocycles. The maximum atomic E-state index is 13.4. The van der Waals surface area contributed by atoms with Crippen molar-refractivity contribution in [2.75, 3.05) is 12.3 Å². The number of halogens is 3.